The van der Waals surface area contributed by atoms with Gasteiger partial charge in [0.2, 0.25) is 5.91 Å². The Bertz CT molecular complexity index is 936. The van der Waals surface area contributed by atoms with Crippen LogP contribution in [0.25, 0.3) is 10.6 Å². The topological polar surface area (TPSA) is 88.7 Å². The summed E-state index contributed by atoms with van der Waals surface area (Å²) in [6.45, 7) is 2.15. The van der Waals surface area contributed by atoms with Crippen LogP contribution in [0.5, 0.6) is 0 Å². The Balaban J connectivity index is 1.33. The molecular formula is C23H29N3O3S. The summed E-state index contributed by atoms with van der Waals surface area (Å²) in [4.78, 5) is 22.0. The number of amides is 1. The fraction of sp³-hybridized carbons (Fsp3) is 0.565. The number of ether oxygens (including phenoxy) is 1. The fourth-order valence-electron chi connectivity index (χ4n) is 5.28. The summed E-state index contributed by atoms with van der Waals surface area (Å²) < 4.78 is 6.38. The molecule has 3 aliphatic rings. The first-order valence-electron chi connectivity index (χ1n) is 11.0. The van der Waals surface area contributed by atoms with E-state index in [2.05, 4.69) is 11.1 Å². The van der Waals surface area contributed by atoms with E-state index in [9.17, 15) is 9.90 Å². The van der Waals surface area contributed by atoms with Crippen molar-refractivity contribution >= 4 is 23.1 Å². The molecule has 3 N–H and O–H groups in total. The zero-order chi connectivity index (χ0) is 20.7. The summed E-state index contributed by atoms with van der Waals surface area (Å²) in [5.41, 5.74) is 7.77. The molecule has 2 atom stereocenters. The van der Waals surface area contributed by atoms with Crippen LogP contribution in [-0.2, 0) is 21.6 Å². The third-order valence-electron chi connectivity index (χ3n) is 6.91. The number of carbonyl (C=O) groups excluding carboxylic acids is 1. The van der Waals surface area contributed by atoms with Gasteiger partial charge in [-0.3, -0.25) is 4.79 Å². The lowest BCUT2D eigenvalue weighted by Gasteiger charge is -2.45. The molecule has 5 rings (SSSR count). The normalized spacial score (nSPS) is 25.8. The number of rotatable bonds is 2. The highest BCUT2D eigenvalue weighted by Crippen LogP contribution is 2.46. The van der Waals surface area contributed by atoms with E-state index in [1.54, 1.807) is 17.4 Å². The molecule has 7 heteroatoms. The first-order chi connectivity index (χ1) is 14.5. The third kappa shape index (κ3) is 3.63. The van der Waals surface area contributed by atoms with Crippen LogP contribution in [0.3, 0.4) is 0 Å². The summed E-state index contributed by atoms with van der Waals surface area (Å²) in [6, 6.07) is 7.98. The molecule has 2 aromatic heterocycles. The Morgan fingerprint density at radius 1 is 1.30 bits per heavy atom. The van der Waals surface area contributed by atoms with E-state index in [4.69, 9.17) is 10.5 Å². The number of anilines is 1. The summed E-state index contributed by atoms with van der Waals surface area (Å²) in [5.74, 6) is 0.729. The van der Waals surface area contributed by atoms with Gasteiger partial charge in [-0.15, -0.1) is 11.3 Å². The van der Waals surface area contributed by atoms with Gasteiger partial charge in [-0.05, 0) is 55.9 Å². The number of nitrogen functional groups attached to an aromatic ring is 1. The number of nitrogens with zero attached hydrogens (tertiary/aromatic N) is 2. The minimum Gasteiger partial charge on any atom is -0.393 e. The van der Waals surface area contributed by atoms with Gasteiger partial charge in [-0.25, -0.2) is 4.98 Å². The Morgan fingerprint density at radius 2 is 2.13 bits per heavy atom. The Kier molecular flexibility index (Phi) is 5.29. The number of carbonyl (C=O) groups is 1. The number of aliphatic hydroxyl groups excluding tert-OH is 1. The van der Waals surface area contributed by atoms with E-state index in [1.807, 2.05) is 17.0 Å². The maximum absolute atomic E-state index is 13.0. The van der Waals surface area contributed by atoms with E-state index in [-0.39, 0.29) is 23.5 Å². The quantitative estimate of drug-likeness (QED) is 0.767. The molecule has 2 aliphatic heterocycles. The zero-order valence-corrected chi connectivity index (χ0v) is 18.0. The maximum Gasteiger partial charge on any atom is 0.225 e. The summed E-state index contributed by atoms with van der Waals surface area (Å²) in [5, 5.41) is 9.95. The Labute approximate surface area is 181 Å². The van der Waals surface area contributed by atoms with Crippen LogP contribution in [0.1, 0.15) is 49.0 Å². The van der Waals surface area contributed by atoms with Crippen molar-refractivity contribution in [3.05, 3.63) is 34.7 Å². The largest absolute Gasteiger partial charge is 0.393 e. The molecule has 1 saturated heterocycles. The molecule has 2 fully saturated rings. The highest BCUT2D eigenvalue weighted by atomic mass is 32.1. The van der Waals surface area contributed by atoms with Gasteiger partial charge in [-0.1, -0.05) is 12.5 Å². The van der Waals surface area contributed by atoms with E-state index >= 15 is 0 Å². The molecule has 4 heterocycles. The SMILES string of the molecule is Nc1cccc(-c2cc3c(s2)CCOC32CCN(C(=O)[C@H]3CCC[C@@H](O)C3)CC2)n1. The van der Waals surface area contributed by atoms with Crippen molar-refractivity contribution in [1.82, 2.24) is 9.88 Å². The first kappa shape index (κ1) is 20.0. The number of hydrogen-bond donors (Lipinski definition) is 2. The summed E-state index contributed by atoms with van der Waals surface area (Å²) in [7, 11) is 0. The highest BCUT2D eigenvalue weighted by molar-refractivity contribution is 7.15. The molecule has 1 saturated carbocycles. The van der Waals surface area contributed by atoms with Gasteiger partial charge in [0.25, 0.3) is 0 Å². The molecule has 0 unspecified atom stereocenters. The number of aliphatic hydroxyl groups is 1. The van der Waals surface area contributed by atoms with Crippen molar-refractivity contribution in [1.29, 1.82) is 0 Å². The lowest BCUT2D eigenvalue weighted by atomic mass is 9.81. The second kappa shape index (κ2) is 7.94. The van der Waals surface area contributed by atoms with Crippen molar-refractivity contribution in [2.24, 2.45) is 5.92 Å². The van der Waals surface area contributed by atoms with Crippen molar-refractivity contribution in [2.75, 3.05) is 25.4 Å². The van der Waals surface area contributed by atoms with Crippen LogP contribution in [0.2, 0.25) is 0 Å². The van der Waals surface area contributed by atoms with Gasteiger partial charge in [0.05, 0.1) is 28.9 Å². The smallest absolute Gasteiger partial charge is 0.225 e. The second-order valence-corrected chi connectivity index (χ2v) is 9.97. The number of thiophene rings is 1. The van der Waals surface area contributed by atoms with E-state index in [1.165, 1.54) is 10.4 Å². The number of hydrogen-bond acceptors (Lipinski definition) is 6. The standard InChI is InChI=1S/C23H29N3O3S/c24-21-6-2-5-18(25-21)20-14-17-19(30-20)7-12-29-23(17)8-10-26(11-9-23)22(28)15-3-1-4-16(27)13-15/h2,5-6,14-16,27H,1,3-4,7-13H2,(H2,24,25)/t15-,16+/m0/s1. The van der Waals surface area contributed by atoms with Crippen LogP contribution in [0, 0.1) is 5.92 Å². The van der Waals surface area contributed by atoms with E-state index in [0.717, 1.165) is 55.7 Å². The number of piperidine rings is 1. The van der Waals surface area contributed by atoms with Gasteiger partial charge in [0.15, 0.2) is 0 Å². The number of nitrogens with two attached hydrogens (primary N) is 1. The van der Waals surface area contributed by atoms with E-state index in [0.29, 0.717) is 25.3 Å². The van der Waals surface area contributed by atoms with Crippen molar-refractivity contribution < 1.29 is 14.6 Å². The third-order valence-corrected chi connectivity index (χ3v) is 8.13. The lowest BCUT2D eigenvalue weighted by molar-refractivity contribution is -0.146. The molecule has 1 spiro atoms. The van der Waals surface area contributed by atoms with Gasteiger partial charge in [0, 0.05) is 30.3 Å². The molecule has 160 valence electrons. The van der Waals surface area contributed by atoms with Gasteiger partial charge in [-0.2, -0.15) is 0 Å². The molecule has 0 radical (unpaired) electrons. The molecule has 0 bridgehead atoms. The number of likely N-dealkylation sites (tertiary alicyclic amines) is 1. The molecular weight excluding hydrogens is 398 g/mol. The Morgan fingerprint density at radius 3 is 2.90 bits per heavy atom. The summed E-state index contributed by atoms with van der Waals surface area (Å²) >= 11 is 1.79. The van der Waals surface area contributed by atoms with Crippen LogP contribution in [-0.4, -0.2) is 46.7 Å². The number of aromatic nitrogens is 1. The average Bonchev–Trinajstić information content (AvgIpc) is 3.20. The molecule has 2 aromatic rings. The van der Waals surface area contributed by atoms with Crippen LogP contribution >= 0.6 is 11.3 Å². The van der Waals surface area contributed by atoms with E-state index < -0.39 is 0 Å². The molecule has 30 heavy (non-hydrogen) atoms. The van der Waals surface area contributed by atoms with Crippen LogP contribution in [0.15, 0.2) is 24.3 Å². The minimum absolute atomic E-state index is 0.0204. The van der Waals surface area contributed by atoms with Gasteiger partial charge in [0.1, 0.15) is 5.82 Å². The highest BCUT2D eigenvalue weighted by Gasteiger charge is 2.43. The van der Waals surface area contributed by atoms with Crippen molar-refractivity contribution in [2.45, 2.75) is 56.7 Å². The molecule has 0 aromatic carbocycles. The molecule has 6 nitrogen and oxygen atoms in total. The molecule has 1 amide bonds. The second-order valence-electron chi connectivity index (χ2n) is 8.83. The maximum atomic E-state index is 13.0. The van der Waals surface area contributed by atoms with Crippen LogP contribution < -0.4 is 5.73 Å². The lowest BCUT2D eigenvalue weighted by Crippen LogP contribution is -2.50. The summed E-state index contributed by atoms with van der Waals surface area (Å²) in [6.07, 6.45) is 5.53. The first-order valence-corrected chi connectivity index (χ1v) is 11.8. The predicted molar refractivity (Wildman–Crippen MR) is 117 cm³/mol. The fourth-order valence-corrected chi connectivity index (χ4v) is 6.48. The monoisotopic (exact) mass is 427 g/mol. The number of fused-ring (bicyclic) bond motifs is 2. The molecule has 1 aliphatic carbocycles. The zero-order valence-electron chi connectivity index (χ0n) is 17.2. The van der Waals surface area contributed by atoms with Crippen LogP contribution in [0.4, 0.5) is 5.82 Å². The predicted octanol–water partition coefficient (Wildman–Crippen LogP) is 3.33. The number of pyridine rings is 1. The average molecular weight is 428 g/mol. The van der Waals surface area contributed by atoms with Crippen molar-refractivity contribution in [3.8, 4) is 10.6 Å². The Hall–Kier alpha value is -1.96. The minimum atomic E-state index is -0.321. The van der Waals surface area contributed by atoms with Gasteiger partial charge < -0.3 is 20.5 Å². The van der Waals surface area contributed by atoms with Crippen molar-refractivity contribution in [3.63, 3.8) is 0 Å². The van der Waals surface area contributed by atoms with Gasteiger partial charge >= 0.3 is 0 Å².